The molecule has 0 radical (unpaired) electrons. The molecule has 1 heterocycles. The summed E-state index contributed by atoms with van der Waals surface area (Å²) < 4.78 is 5.08. The third kappa shape index (κ3) is 1.79. The van der Waals surface area contributed by atoms with Crippen LogP contribution in [0.25, 0.3) is 0 Å². The number of hydrogen-bond acceptors (Lipinski definition) is 4. The number of aromatic nitrogens is 2. The second kappa shape index (κ2) is 4.20. The first kappa shape index (κ1) is 11.0. The predicted molar refractivity (Wildman–Crippen MR) is 59.5 cm³/mol. The fourth-order valence-corrected chi connectivity index (χ4v) is 2.30. The largest absolute Gasteiger partial charge is 0.479 e. The highest BCUT2D eigenvalue weighted by molar-refractivity contribution is 6.00. The molecule has 0 aromatic carbocycles. The molecule has 0 unspecified atom stereocenters. The van der Waals surface area contributed by atoms with Crippen molar-refractivity contribution in [1.82, 2.24) is 9.97 Å². The number of rotatable bonds is 3. The maximum atomic E-state index is 12.4. The lowest BCUT2D eigenvalue weighted by atomic mass is 9.82. The molecule has 0 bridgehead atoms. The van der Waals surface area contributed by atoms with Gasteiger partial charge in [0.15, 0.2) is 11.5 Å². The Labute approximate surface area is 95.1 Å². The molecule has 0 spiro atoms. The molecule has 2 rings (SSSR count). The number of hydrogen-bond donors (Lipinski definition) is 0. The van der Waals surface area contributed by atoms with Gasteiger partial charge in [-0.25, -0.2) is 9.97 Å². The summed E-state index contributed by atoms with van der Waals surface area (Å²) >= 11 is 0. The summed E-state index contributed by atoms with van der Waals surface area (Å²) in [6, 6.07) is 0. The highest BCUT2D eigenvalue weighted by atomic mass is 16.5. The minimum absolute atomic E-state index is 0.0648. The van der Waals surface area contributed by atoms with Gasteiger partial charge in [-0.2, -0.15) is 0 Å². The molecule has 4 heteroatoms. The first-order valence-corrected chi connectivity index (χ1v) is 5.57. The summed E-state index contributed by atoms with van der Waals surface area (Å²) in [5.41, 5.74) is 0.0953. The first-order valence-electron chi connectivity index (χ1n) is 5.57. The van der Waals surface area contributed by atoms with E-state index in [9.17, 15) is 4.79 Å². The fraction of sp³-hybridized carbons (Fsp3) is 0.583. The third-order valence-electron chi connectivity index (χ3n) is 3.33. The molecular weight excluding hydrogens is 204 g/mol. The van der Waals surface area contributed by atoms with E-state index in [-0.39, 0.29) is 11.2 Å². The van der Waals surface area contributed by atoms with Crippen LogP contribution in [-0.2, 0) is 0 Å². The summed E-state index contributed by atoms with van der Waals surface area (Å²) in [6.07, 6.45) is 7.17. The maximum Gasteiger partial charge on any atom is 0.243 e. The van der Waals surface area contributed by atoms with E-state index in [0.29, 0.717) is 11.6 Å². The Kier molecular flexibility index (Phi) is 2.90. The van der Waals surface area contributed by atoms with Gasteiger partial charge in [0.2, 0.25) is 5.88 Å². The van der Waals surface area contributed by atoms with Crippen LogP contribution >= 0.6 is 0 Å². The van der Waals surface area contributed by atoms with Gasteiger partial charge in [0.25, 0.3) is 0 Å². The highest BCUT2D eigenvalue weighted by Crippen LogP contribution is 2.40. The molecular formula is C12H16N2O2. The van der Waals surface area contributed by atoms with Gasteiger partial charge in [0.1, 0.15) is 0 Å². The summed E-state index contributed by atoms with van der Waals surface area (Å²) in [6.45, 7) is 2.01. The SMILES string of the molecule is COc1nccnc1C(=O)C1(C)CCCC1. The molecule has 1 fully saturated rings. The van der Waals surface area contributed by atoms with Crippen molar-refractivity contribution >= 4 is 5.78 Å². The van der Waals surface area contributed by atoms with E-state index in [2.05, 4.69) is 9.97 Å². The second-order valence-corrected chi connectivity index (χ2v) is 4.51. The van der Waals surface area contributed by atoms with E-state index >= 15 is 0 Å². The summed E-state index contributed by atoms with van der Waals surface area (Å²) in [5.74, 6) is 0.399. The minimum atomic E-state index is -0.274. The van der Waals surface area contributed by atoms with Crippen LogP contribution in [0.2, 0.25) is 0 Å². The molecule has 1 saturated carbocycles. The van der Waals surface area contributed by atoms with E-state index in [1.807, 2.05) is 6.92 Å². The fourth-order valence-electron chi connectivity index (χ4n) is 2.30. The standard InChI is InChI=1S/C12H16N2O2/c1-12(5-3-4-6-12)10(15)9-11(16-2)14-8-7-13-9/h7-8H,3-6H2,1-2H3. The molecule has 0 N–H and O–H groups in total. The van der Waals surface area contributed by atoms with Crippen LogP contribution < -0.4 is 4.74 Å². The average molecular weight is 220 g/mol. The van der Waals surface area contributed by atoms with Crippen LogP contribution in [0.5, 0.6) is 5.88 Å². The van der Waals surface area contributed by atoms with Gasteiger partial charge in [0.05, 0.1) is 7.11 Å². The van der Waals surface area contributed by atoms with Gasteiger partial charge in [-0.15, -0.1) is 0 Å². The average Bonchev–Trinajstić information content (AvgIpc) is 2.76. The van der Waals surface area contributed by atoms with E-state index in [1.165, 1.54) is 19.5 Å². The summed E-state index contributed by atoms with van der Waals surface area (Å²) in [4.78, 5) is 20.5. The molecule has 16 heavy (non-hydrogen) atoms. The van der Waals surface area contributed by atoms with Crippen molar-refractivity contribution in [2.24, 2.45) is 5.41 Å². The van der Waals surface area contributed by atoms with Crippen LogP contribution in [0.4, 0.5) is 0 Å². The number of carbonyl (C=O) groups is 1. The van der Waals surface area contributed by atoms with E-state index in [4.69, 9.17) is 4.74 Å². The Bertz CT molecular complexity index is 398. The zero-order valence-corrected chi connectivity index (χ0v) is 9.69. The smallest absolute Gasteiger partial charge is 0.243 e. The number of carbonyl (C=O) groups excluding carboxylic acids is 1. The predicted octanol–water partition coefficient (Wildman–Crippen LogP) is 2.25. The molecule has 0 atom stereocenters. The van der Waals surface area contributed by atoms with Crippen molar-refractivity contribution in [3.05, 3.63) is 18.1 Å². The molecule has 1 aliphatic rings. The van der Waals surface area contributed by atoms with Crippen molar-refractivity contribution < 1.29 is 9.53 Å². The van der Waals surface area contributed by atoms with Crippen LogP contribution in [0.15, 0.2) is 12.4 Å². The molecule has 0 aliphatic heterocycles. The van der Waals surface area contributed by atoms with Crippen molar-refractivity contribution in [2.45, 2.75) is 32.6 Å². The number of ether oxygens (including phenoxy) is 1. The molecule has 4 nitrogen and oxygen atoms in total. The molecule has 1 aromatic rings. The Balaban J connectivity index is 2.33. The second-order valence-electron chi connectivity index (χ2n) is 4.51. The van der Waals surface area contributed by atoms with Crippen molar-refractivity contribution in [3.63, 3.8) is 0 Å². The van der Waals surface area contributed by atoms with Crippen molar-refractivity contribution in [1.29, 1.82) is 0 Å². The Hall–Kier alpha value is -1.45. The summed E-state index contributed by atoms with van der Waals surface area (Å²) in [5, 5.41) is 0. The van der Waals surface area contributed by atoms with E-state index < -0.39 is 0 Å². The molecule has 86 valence electrons. The van der Waals surface area contributed by atoms with Crippen LogP contribution in [0, 0.1) is 5.41 Å². The lowest BCUT2D eigenvalue weighted by Crippen LogP contribution is -2.26. The lowest BCUT2D eigenvalue weighted by molar-refractivity contribution is 0.0813. The zero-order chi connectivity index (χ0) is 11.6. The molecule has 1 aliphatic carbocycles. The van der Waals surface area contributed by atoms with Crippen molar-refractivity contribution in [3.8, 4) is 5.88 Å². The maximum absolute atomic E-state index is 12.4. The van der Waals surface area contributed by atoms with Gasteiger partial charge < -0.3 is 4.74 Å². The molecule has 0 saturated heterocycles. The number of methoxy groups -OCH3 is 1. The summed E-state index contributed by atoms with van der Waals surface area (Å²) in [7, 11) is 1.51. The van der Waals surface area contributed by atoms with Gasteiger partial charge in [-0.1, -0.05) is 19.8 Å². The van der Waals surface area contributed by atoms with Crippen LogP contribution in [-0.4, -0.2) is 22.9 Å². The van der Waals surface area contributed by atoms with E-state index in [1.54, 1.807) is 0 Å². The van der Waals surface area contributed by atoms with Gasteiger partial charge in [-0.05, 0) is 12.8 Å². The topological polar surface area (TPSA) is 52.1 Å². The quantitative estimate of drug-likeness (QED) is 0.733. The Morgan fingerprint density at radius 3 is 2.56 bits per heavy atom. The van der Waals surface area contributed by atoms with Crippen LogP contribution in [0.1, 0.15) is 43.1 Å². The first-order chi connectivity index (χ1) is 7.67. The van der Waals surface area contributed by atoms with Gasteiger partial charge >= 0.3 is 0 Å². The highest BCUT2D eigenvalue weighted by Gasteiger charge is 2.38. The Morgan fingerprint density at radius 1 is 1.31 bits per heavy atom. The monoisotopic (exact) mass is 220 g/mol. The molecule has 0 amide bonds. The van der Waals surface area contributed by atoms with E-state index in [0.717, 1.165) is 25.7 Å². The number of Topliss-reactive ketones (excluding diaryl/α,β-unsaturated/α-hetero) is 1. The van der Waals surface area contributed by atoms with Crippen molar-refractivity contribution in [2.75, 3.05) is 7.11 Å². The number of ketones is 1. The van der Waals surface area contributed by atoms with Crippen LogP contribution in [0.3, 0.4) is 0 Å². The minimum Gasteiger partial charge on any atom is -0.479 e. The zero-order valence-electron chi connectivity index (χ0n) is 9.69. The lowest BCUT2D eigenvalue weighted by Gasteiger charge is -2.21. The van der Waals surface area contributed by atoms with Gasteiger partial charge in [-0.3, -0.25) is 4.79 Å². The Morgan fingerprint density at radius 2 is 1.94 bits per heavy atom. The normalized spacial score (nSPS) is 18.4. The number of nitrogens with zero attached hydrogens (tertiary/aromatic N) is 2. The van der Waals surface area contributed by atoms with Gasteiger partial charge in [0, 0.05) is 17.8 Å². The molecule has 1 aromatic heterocycles. The third-order valence-corrected chi connectivity index (χ3v) is 3.33.